The quantitative estimate of drug-likeness (QED) is 0.613. The van der Waals surface area contributed by atoms with Crippen LogP contribution in [0.15, 0.2) is 12.1 Å². The van der Waals surface area contributed by atoms with Crippen LogP contribution < -0.4 is 10.2 Å². The third kappa shape index (κ3) is 3.56. The molecule has 0 saturated carbocycles. The highest BCUT2D eigenvalue weighted by atomic mass is 16.2. The molecule has 1 aromatic heterocycles. The maximum absolute atomic E-state index is 12.4. The summed E-state index contributed by atoms with van der Waals surface area (Å²) in [5.74, 6) is -0.172. The van der Waals surface area contributed by atoms with Crippen molar-refractivity contribution in [2.75, 3.05) is 16.8 Å². The Morgan fingerprint density at radius 3 is 2.30 bits per heavy atom. The summed E-state index contributed by atoms with van der Waals surface area (Å²) in [5, 5.41) is 3.28. The zero-order valence-corrected chi connectivity index (χ0v) is 16.6. The first-order valence-corrected chi connectivity index (χ1v) is 9.43. The lowest BCUT2D eigenvalue weighted by molar-refractivity contribution is -0.114. The van der Waals surface area contributed by atoms with Crippen LogP contribution in [0, 0.1) is 27.7 Å². The van der Waals surface area contributed by atoms with Crippen LogP contribution in [0.3, 0.4) is 0 Å². The average Bonchev–Trinajstić information content (AvgIpc) is 2.83. The number of anilines is 3. The summed E-state index contributed by atoms with van der Waals surface area (Å²) in [6.07, 6.45) is 2.89. The van der Waals surface area contributed by atoms with E-state index in [9.17, 15) is 9.59 Å². The second-order valence-electron chi connectivity index (χ2n) is 7.22. The van der Waals surface area contributed by atoms with Gasteiger partial charge in [0.05, 0.1) is 11.3 Å². The van der Waals surface area contributed by atoms with Gasteiger partial charge >= 0.3 is 5.91 Å². The Morgan fingerprint density at radius 1 is 1.00 bits per heavy atom. The zero-order chi connectivity index (χ0) is 19.7. The van der Waals surface area contributed by atoms with E-state index >= 15 is 0 Å². The zero-order valence-electron chi connectivity index (χ0n) is 16.6. The van der Waals surface area contributed by atoms with E-state index in [1.807, 2.05) is 13.8 Å². The molecule has 0 radical (unpaired) electrons. The topological polar surface area (TPSA) is 75.2 Å². The van der Waals surface area contributed by atoms with Crippen LogP contribution in [0.5, 0.6) is 0 Å². The third-order valence-corrected chi connectivity index (χ3v) is 4.89. The second-order valence-corrected chi connectivity index (χ2v) is 7.22. The van der Waals surface area contributed by atoms with Gasteiger partial charge in [0.25, 0.3) is 5.78 Å². The van der Waals surface area contributed by atoms with E-state index in [1.54, 1.807) is 6.92 Å². The number of aryl methyl sites for hydroxylation is 4. The van der Waals surface area contributed by atoms with Crippen molar-refractivity contribution >= 4 is 29.1 Å². The Morgan fingerprint density at radius 2 is 1.67 bits per heavy atom. The molecule has 0 fully saturated rings. The van der Waals surface area contributed by atoms with Crippen LogP contribution in [0.4, 0.5) is 17.5 Å². The van der Waals surface area contributed by atoms with E-state index in [4.69, 9.17) is 0 Å². The van der Waals surface area contributed by atoms with Crippen molar-refractivity contribution < 1.29 is 9.59 Å². The Hall–Kier alpha value is -2.76. The van der Waals surface area contributed by atoms with E-state index in [0.29, 0.717) is 29.6 Å². The summed E-state index contributed by atoms with van der Waals surface area (Å²) in [7, 11) is 0. The van der Waals surface area contributed by atoms with Gasteiger partial charge in [-0.3, -0.25) is 14.5 Å². The van der Waals surface area contributed by atoms with Crippen LogP contribution in [0.25, 0.3) is 0 Å². The molecule has 0 aliphatic carbocycles. The standard InChI is InChI=1S/C21H26N4O2/c1-6-7-8-9-25-19-16(18(26)20(25)27)15(5)22-21(24-19)23-17-13(3)10-12(2)11-14(17)4/h10-11H,6-9H2,1-5H3,(H,22,23,24). The maximum Gasteiger partial charge on any atom is 0.300 e. The summed E-state index contributed by atoms with van der Waals surface area (Å²) in [5.41, 5.74) is 5.20. The Kier molecular flexibility index (Phi) is 5.26. The molecule has 1 aromatic carbocycles. The van der Waals surface area contributed by atoms with Crippen molar-refractivity contribution in [1.82, 2.24) is 9.97 Å². The minimum atomic E-state index is -0.506. The van der Waals surface area contributed by atoms with Gasteiger partial charge in [-0.25, -0.2) is 4.98 Å². The molecule has 1 amide bonds. The van der Waals surface area contributed by atoms with E-state index in [2.05, 4.69) is 41.3 Å². The number of benzene rings is 1. The minimum absolute atomic E-state index is 0.333. The van der Waals surface area contributed by atoms with Crippen LogP contribution in [-0.4, -0.2) is 28.2 Å². The molecule has 0 spiro atoms. The first-order chi connectivity index (χ1) is 12.8. The fraction of sp³-hybridized carbons (Fsp3) is 0.429. The molecule has 27 heavy (non-hydrogen) atoms. The molecule has 0 atom stereocenters. The monoisotopic (exact) mass is 366 g/mol. The lowest BCUT2D eigenvalue weighted by Crippen LogP contribution is -2.31. The Balaban J connectivity index is 1.98. The molecule has 3 rings (SSSR count). The molecule has 1 aliphatic rings. The maximum atomic E-state index is 12.4. The van der Waals surface area contributed by atoms with Gasteiger partial charge in [0.2, 0.25) is 5.95 Å². The molecule has 6 heteroatoms. The average molecular weight is 366 g/mol. The van der Waals surface area contributed by atoms with Crippen molar-refractivity contribution in [3.8, 4) is 0 Å². The SMILES string of the molecule is CCCCCN1C(=O)C(=O)c2c(C)nc(Nc3c(C)cc(C)cc3C)nc21. The number of hydrogen-bond acceptors (Lipinski definition) is 5. The molecule has 0 unspecified atom stereocenters. The number of Topliss-reactive ketones (excluding diaryl/α,β-unsaturated/α-hetero) is 1. The molecular weight excluding hydrogens is 340 g/mol. The number of fused-ring (bicyclic) bond motifs is 1. The number of hydrogen-bond donors (Lipinski definition) is 1. The number of carbonyl (C=O) groups is 2. The number of nitrogens with one attached hydrogen (secondary N) is 1. The van der Waals surface area contributed by atoms with Crippen molar-refractivity contribution in [3.05, 3.63) is 40.1 Å². The van der Waals surface area contributed by atoms with Gasteiger partial charge < -0.3 is 5.32 Å². The molecule has 1 N–H and O–H groups in total. The van der Waals surface area contributed by atoms with E-state index in [-0.39, 0.29) is 0 Å². The molecule has 2 aromatic rings. The number of amides is 1. The van der Waals surface area contributed by atoms with Crippen LogP contribution in [0.2, 0.25) is 0 Å². The Labute approximate surface area is 160 Å². The number of nitrogens with zero attached hydrogens (tertiary/aromatic N) is 3. The fourth-order valence-corrected chi connectivity index (χ4v) is 3.62. The van der Waals surface area contributed by atoms with Gasteiger partial charge in [0, 0.05) is 12.2 Å². The number of ketones is 1. The fourth-order valence-electron chi connectivity index (χ4n) is 3.62. The van der Waals surface area contributed by atoms with E-state index in [1.165, 1.54) is 10.5 Å². The smallest absolute Gasteiger partial charge is 0.300 e. The van der Waals surface area contributed by atoms with Gasteiger partial charge in [-0.15, -0.1) is 0 Å². The van der Waals surface area contributed by atoms with Crippen molar-refractivity contribution in [1.29, 1.82) is 0 Å². The first kappa shape index (κ1) is 19.0. The molecule has 0 bridgehead atoms. The van der Waals surface area contributed by atoms with Crippen LogP contribution in [0.1, 0.15) is 58.9 Å². The molecule has 6 nitrogen and oxygen atoms in total. The lowest BCUT2D eigenvalue weighted by atomic mass is 10.1. The van der Waals surface area contributed by atoms with Gasteiger partial charge in [0.15, 0.2) is 5.82 Å². The highest BCUT2D eigenvalue weighted by molar-refractivity contribution is 6.52. The summed E-state index contributed by atoms with van der Waals surface area (Å²) >= 11 is 0. The minimum Gasteiger partial charge on any atom is -0.324 e. The summed E-state index contributed by atoms with van der Waals surface area (Å²) < 4.78 is 0. The highest BCUT2D eigenvalue weighted by Gasteiger charge is 2.39. The second kappa shape index (κ2) is 7.47. The number of unbranched alkanes of at least 4 members (excludes halogenated alkanes) is 2. The van der Waals surface area contributed by atoms with Gasteiger partial charge in [-0.1, -0.05) is 37.5 Å². The van der Waals surface area contributed by atoms with Gasteiger partial charge in [-0.05, 0) is 45.2 Å². The summed E-state index contributed by atoms with van der Waals surface area (Å²) in [4.78, 5) is 35.3. The molecule has 142 valence electrons. The number of carbonyl (C=O) groups excluding carboxylic acids is 2. The summed E-state index contributed by atoms with van der Waals surface area (Å²) in [6.45, 7) is 10.5. The molecule has 0 saturated heterocycles. The van der Waals surface area contributed by atoms with Crippen LogP contribution in [-0.2, 0) is 4.79 Å². The normalized spacial score (nSPS) is 13.3. The van der Waals surface area contributed by atoms with E-state index in [0.717, 1.165) is 36.1 Å². The van der Waals surface area contributed by atoms with E-state index < -0.39 is 11.7 Å². The largest absolute Gasteiger partial charge is 0.324 e. The predicted octanol–water partition coefficient (Wildman–Crippen LogP) is 4.17. The summed E-state index contributed by atoms with van der Waals surface area (Å²) in [6, 6.07) is 4.19. The van der Waals surface area contributed by atoms with Crippen molar-refractivity contribution in [3.63, 3.8) is 0 Å². The Bertz CT molecular complexity index is 898. The number of aromatic nitrogens is 2. The van der Waals surface area contributed by atoms with Gasteiger partial charge in [-0.2, -0.15) is 4.98 Å². The first-order valence-electron chi connectivity index (χ1n) is 9.43. The number of rotatable bonds is 6. The molecular formula is C21H26N4O2. The van der Waals surface area contributed by atoms with Crippen molar-refractivity contribution in [2.24, 2.45) is 0 Å². The third-order valence-electron chi connectivity index (χ3n) is 4.89. The lowest BCUT2D eigenvalue weighted by Gasteiger charge is -2.17. The predicted molar refractivity (Wildman–Crippen MR) is 107 cm³/mol. The molecule has 2 heterocycles. The van der Waals surface area contributed by atoms with Gasteiger partial charge in [0.1, 0.15) is 0 Å². The van der Waals surface area contributed by atoms with Crippen LogP contribution >= 0.6 is 0 Å². The van der Waals surface area contributed by atoms with Crippen molar-refractivity contribution in [2.45, 2.75) is 53.9 Å². The highest BCUT2D eigenvalue weighted by Crippen LogP contribution is 2.32. The molecule has 1 aliphatic heterocycles.